The molecule has 0 saturated heterocycles. The van der Waals surface area contributed by atoms with Crippen molar-refractivity contribution in [2.45, 2.75) is 52.7 Å². The van der Waals surface area contributed by atoms with Crippen LogP contribution in [0.25, 0.3) is 0 Å². The fourth-order valence-corrected chi connectivity index (χ4v) is 0.973. The summed E-state index contributed by atoms with van der Waals surface area (Å²) in [6.07, 6.45) is 1.50. The van der Waals surface area contributed by atoms with Crippen molar-refractivity contribution >= 4 is 5.97 Å². The zero-order chi connectivity index (χ0) is 10.4. The predicted molar refractivity (Wildman–Crippen MR) is 53.3 cm³/mol. The third kappa shape index (κ3) is 5.64. The molecule has 0 rings (SSSR count). The first-order valence-electron chi connectivity index (χ1n) is 4.93. The van der Waals surface area contributed by atoms with Crippen LogP contribution in [0, 0.1) is 5.92 Å². The first-order valence-corrected chi connectivity index (χ1v) is 4.93. The molecule has 0 bridgehead atoms. The van der Waals surface area contributed by atoms with Crippen molar-refractivity contribution in [3.63, 3.8) is 0 Å². The lowest BCUT2D eigenvalue weighted by atomic mass is 10.0. The highest BCUT2D eigenvalue weighted by molar-refractivity contribution is 5.75. The topological polar surface area (TPSA) is 52.3 Å². The molecule has 0 aliphatic carbocycles. The number of carbonyl (C=O) groups excluding carboxylic acids is 1. The van der Waals surface area contributed by atoms with Crippen LogP contribution in [0.1, 0.15) is 40.5 Å². The smallest absolute Gasteiger partial charge is 0.323 e. The Morgan fingerprint density at radius 2 is 1.92 bits per heavy atom. The average molecular weight is 187 g/mol. The Bertz CT molecular complexity index is 157. The molecule has 0 fully saturated rings. The number of nitrogens with two attached hydrogens (primary N) is 1. The van der Waals surface area contributed by atoms with Gasteiger partial charge in [-0.05, 0) is 25.7 Å². The van der Waals surface area contributed by atoms with E-state index in [1.807, 2.05) is 27.7 Å². The molecule has 0 aromatic rings. The molecule has 3 heteroatoms. The first kappa shape index (κ1) is 12.4. The summed E-state index contributed by atoms with van der Waals surface area (Å²) >= 11 is 0. The lowest BCUT2D eigenvalue weighted by Gasteiger charge is -2.16. The van der Waals surface area contributed by atoms with Gasteiger partial charge in [0.1, 0.15) is 6.04 Å². The Hall–Kier alpha value is -0.570. The highest BCUT2D eigenvalue weighted by Gasteiger charge is 2.17. The van der Waals surface area contributed by atoms with Gasteiger partial charge in [0.25, 0.3) is 0 Å². The van der Waals surface area contributed by atoms with Crippen LogP contribution in [0.3, 0.4) is 0 Å². The van der Waals surface area contributed by atoms with Crippen LogP contribution in [-0.2, 0) is 9.53 Å². The summed E-state index contributed by atoms with van der Waals surface area (Å²) in [5.74, 6) is 0.155. The zero-order valence-corrected chi connectivity index (χ0v) is 9.04. The monoisotopic (exact) mass is 187 g/mol. The highest BCUT2D eigenvalue weighted by atomic mass is 16.5. The number of carbonyl (C=O) groups is 1. The Labute approximate surface area is 80.6 Å². The van der Waals surface area contributed by atoms with E-state index >= 15 is 0 Å². The minimum Gasteiger partial charge on any atom is -0.462 e. The van der Waals surface area contributed by atoms with Crippen molar-refractivity contribution < 1.29 is 9.53 Å². The highest BCUT2D eigenvalue weighted by Crippen LogP contribution is 2.06. The van der Waals surface area contributed by atoms with E-state index in [2.05, 4.69) is 0 Å². The summed E-state index contributed by atoms with van der Waals surface area (Å²) in [7, 11) is 0. The van der Waals surface area contributed by atoms with Crippen LogP contribution in [0.4, 0.5) is 0 Å². The van der Waals surface area contributed by atoms with Crippen LogP contribution in [-0.4, -0.2) is 18.1 Å². The van der Waals surface area contributed by atoms with E-state index in [1.54, 1.807) is 0 Å². The Morgan fingerprint density at radius 3 is 2.31 bits per heavy atom. The van der Waals surface area contributed by atoms with E-state index in [4.69, 9.17) is 10.5 Å². The number of ether oxygens (including phenoxy) is 1. The van der Waals surface area contributed by atoms with E-state index in [1.165, 1.54) is 0 Å². The van der Waals surface area contributed by atoms with Gasteiger partial charge in [0.15, 0.2) is 0 Å². The molecule has 2 atom stereocenters. The molecule has 0 aliphatic heterocycles. The molecule has 2 N–H and O–H groups in total. The van der Waals surface area contributed by atoms with E-state index in [0.717, 1.165) is 6.42 Å². The van der Waals surface area contributed by atoms with Crippen molar-refractivity contribution in [1.82, 2.24) is 0 Å². The molecular formula is C10H21NO2. The molecule has 0 radical (unpaired) electrons. The quantitative estimate of drug-likeness (QED) is 0.666. The molecule has 0 aromatic heterocycles. The van der Waals surface area contributed by atoms with Gasteiger partial charge in [-0.2, -0.15) is 0 Å². The molecule has 0 saturated carbocycles. The third-order valence-electron chi connectivity index (χ3n) is 1.92. The maximum atomic E-state index is 11.3. The number of hydrogen-bond acceptors (Lipinski definition) is 3. The standard InChI is InChI=1S/C10H21NO2/c1-5-8(4)13-10(12)9(11)6-7(2)3/h7-9H,5-6,11H2,1-4H3/t8?,9-/m0/s1. The molecule has 1 unspecified atom stereocenters. The Balaban J connectivity index is 3.82. The Kier molecular flexibility index (Phi) is 5.71. The van der Waals surface area contributed by atoms with E-state index in [-0.39, 0.29) is 12.1 Å². The van der Waals surface area contributed by atoms with Crippen molar-refractivity contribution in [2.24, 2.45) is 11.7 Å². The van der Waals surface area contributed by atoms with Crippen LogP contribution in [0.2, 0.25) is 0 Å². The Morgan fingerprint density at radius 1 is 1.38 bits per heavy atom. The first-order chi connectivity index (χ1) is 5.97. The fraction of sp³-hybridized carbons (Fsp3) is 0.900. The minimum atomic E-state index is -0.464. The van der Waals surface area contributed by atoms with Crippen LogP contribution in [0.5, 0.6) is 0 Å². The van der Waals surface area contributed by atoms with Crippen molar-refractivity contribution in [2.75, 3.05) is 0 Å². The van der Waals surface area contributed by atoms with E-state index in [0.29, 0.717) is 12.3 Å². The van der Waals surface area contributed by atoms with Gasteiger partial charge in [-0.3, -0.25) is 4.79 Å². The summed E-state index contributed by atoms with van der Waals surface area (Å²) in [6.45, 7) is 7.93. The normalized spacial score (nSPS) is 15.5. The van der Waals surface area contributed by atoms with Gasteiger partial charge in [-0.15, -0.1) is 0 Å². The second-order valence-electron chi connectivity index (χ2n) is 3.89. The maximum absolute atomic E-state index is 11.3. The summed E-state index contributed by atoms with van der Waals surface area (Å²) in [5, 5.41) is 0. The fourth-order valence-electron chi connectivity index (χ4n) is 0.973. The van der Waals surface area contributed by atoms with E-state index in [9.17, 15) is 4.79 Å². The predicted octanol–water partition coefficient (Wildman–Crippen LogP) is 1.70. The second kappa shape index (κ2) is 5.97. The van der Waals surface area contributed by atoms with Gasteiger partial charge >= 0.3 is 5.97 Å². The molecule has 3 nitrogen and oxygen atoms in total. The minimum absolute atomic E-state index is 0.0225. The molecular weight excluding hydrogens is 166 g/mol. The molecule has 0 heterocycles. The lowest BCUT2D eigenvalue weighted by molar-refractivity contribution is -0.150. The average Bonchev–Trinajstić information content (AvgIpc) is 2.02. The van der Waals surface area contributed by atoms with Gasteiger partial charge in [0, 0.05) is 0 Å². The number of hydrogen-bond donors (Lipinski definition) is 1. The summed E-state index contributed by atoms with van der Waals surface area (Å²) in [4.78, 5) is 11.3. The molecule has 0 amide bonds. The van der Waals surface area contributed by atoms with Gasteiger partial charge in [0.05, 0.1) is 6.10 Å². The van der Waals surface area contributed by atoms with Gasteiger partial charge in [-0.25, -0.2) is 0 Å². The van der Waals surface area contributed by atoms with Crippen molar-refractivity contribution in [3.05, 3.63) is 0 Å². The third-order valence-corrected chi connectivity index (χ3v) is 1.92. The number of esters is 1. The van der Waals surface area contributed by atoms with Gasteiger partial charge in [0.2, 0.25) is 0 Å². The van der Waals surface area contributed by atoms with Crippen LogP contribution < -0.4 is 5.73 Å². The molecule has 0 spiro atoms. The largest absolute Gasteiger partial charge is 0.462 e. The summed E-state index contributed by atoms with van der Waals surface area (Å²) < 4.78 is 5.10. The van der Waals surface area contributed by atoms with Crippen molar-refractivity contribution in [1.29, 1.82) is 0 Å². The van der Waals surface area contributed by atoms with Crippen LogP contribution in [0.15, 0.2) is 0 Å². The maximum Gasteiger partial charge on any atom is 0.323 e. The SMILES string of the molecule is CCC(C)OC(=O)[C@@H](N)CC(C)C. The van der Waals surface area contributed by atoms with Crippen molar-refractivity contribution in [3.8, 4) is 0 Å². The molecule has 13 heavy (non-hydrogen) atoms. The number of rotatable bonds is 5. The van der Waals surface area contributed by atoms with E-state index < -0.39 is 6.04 Å². The van der Waals surface area contributed by atoms with Gasteiger partial charge in [-0.1, -0.05) is 20.8 Å². The molecule has 78 valence electrons. The lowest BCUT2D eigenvalue weighted by Crippen LogP contribution is -2.35. The summed E-state index contributed by atoms with van der Waals surface area (Å²) in [5.41, 5.74) is 5.65. The second-order valence-corrected chi connectivity index (χ2v) is 3.89. The van der Waals surface area contributed by atoms with Gasteiger partial charge < -0.3 is 10.5 Å². The molecule has 0 aromatic carbocycles. The molecule has 0 aliphatic rings. The van der Waals surface area contributed by atoms with Crippen LogP contribution >= 0.6 is 0 Å². The zero-order valence-electron chi connectivity index (χ0n) is 9.04. The summed E-state index contributed by atoms with van der Waals surface area (Å²) in [6, 6.07) is -0.464.